The molecule has 0 unspecified atom stereocenters. The number of nitrogens with one attached hydrogen (secondary N) is 2. The summed E-state index contributed by atoms with van der Waals surface area (Å²) in [7, 11) is 0. The van der Waals surface area contributed by atoms with Crippen LogP contribution in [0, 0.1) is 12.8 Å². The normalized spacial score (nSPS) is 16.5. The quantitative estimate of drug-likeness (QED) is 0.526. The molecule has 2 N–H and O–H groups in total. The number of aromatic nitrogens is 2. The van der Waals surface area contributed by atoms with E-state index in [1.807, 2.05) is 31.2 Å². The minimum Gasteiger partial charge on any atom is -0.454 e. The number of aryl methyl sites for hydroxylation is 1. The second-order valence-electron chi connectivity index (χ2n) is 8.73. The molecule has 0 radical (unpaired) electrons. The highest BCUT2D eigenvalue weighted by Crippen LogP contribution is 2.34. The maximum absolute atomic E-state index is 13.0. The molecule has 0 saturated carbocycles. The van der Waals surface area contributed by atoms with E-state index in [0.29, 0.717) is 49.7 Å². The first kappa shape index (κ1) is 23.7. The molecule has 0 bridgehead atoms. The van der Waals surface area contributed by atoms with Crippen LogP contribution in [0.4, 0.5) is 5.69 Å². The van der Waals surface area contributed by atoms with Gasteiger partial charge in [-0.15, -0.1) is 10.2 Å². The van der Waals surface area contributed by atoms with Crippen molar-refractivity contribution in [3.05, 3.63) is 63.6 Å². The fraction of sp³-hybridized carbons (Fsp3) is 0.320. The van der Waals surface area contributed by atoms with Gasteiger partial charge in [0.05, 0.1) is 5.92 Å². The van der Waals surface area contributed by atoms with Gasteiger partial charge in [0, 0.05) is 31.4 Å². The number of ether oxygens (including phenoxy) is 2. The summed E-state index contributed by atoms with van der Waals surface area (Å²) in [6.07, 6.45) is 1.42. The third kappa shape index (κ3) is 5.30. The first-order valence-electron chi connectivity index (χ1n) is 11.6. The predicted octanol–water partition coefficient (Wildman–Crippen LogP) is 3.00. The van der Waals surface area contributed by atoms with Gasteiger partial charge >= 0.3 is 0 Å². The van der Waals surface area contributed by atoms with E-state index in [1.165, 1.54) is 0 Å². The number of nitrogens with zero attached hydrogens (tertiary/aromatic N) is 3. The van der Waals surface area contributed by atoms with E-state index in [-0.39, 0.29) is 34.5 Å². The molecule has 1 saturated heterocycles. The molecule has 2 aliphatic heterocycles. The maximum atomic E-state index is 13.0. The molecule has 3 heterocycles. The lowest BCUT2D eigenvalue weighted by molar-refractivity contribution is -0.126. The average molecular weight is 508 g/mol. The van der Waals surface area contributed by atoms with Crippen LogP contribution in [0.15, 0.2) is 42.5 Å². The lowest BCUT2D eigenvalue weighted by Gasteiger charge is -2.31. The van der Waals surface area contributed by atoms with Gasteiger partial charge in [0.25, 0.3) is 11.8 Å². The van der Waals surface area contributed by atoms with Crippen LogP contribution in [0.2, 0.25) is 0 Å². The minimum absolute atomic E-state index is 0.0698. The van der Waals surface area contributed by atoms with Crippen molar-refractivity contribution >= 4 is 34.7 Å². The average Bonchev–Trinajstić information content (AvgIpc) is 3.58. The van der Waals surface area contributed by atoms with Gasteiger partial charge in [0.15, 0.2) is 11.5 Å². The summed E-state index contributed by atoms with van der Waals surface area (Å²) < 4.78 is 10.6. The first-order chi connectivity index (χ1) is 17.5. The Kier molecular flexibility index (Phi) is 6.81. The van der Waals surface area contributed by atoms with E-state index in [2.05, 4.69) is 20.8 Å². The highest BCUT2D eigenvalue weighted by Gasteiger charge is 2.31. The van der Waals surface area contributed by atoms with Crippen LogP contribution in [0.5, 0.6) is 11.5 Å². The Morgan fingerprint density at radius 1 is 1.06 bits per heavy atom. The van der Waals surface area contributed by atoms with Gasteiger partial charge in [0.2, 0.25) is 22.7 Å². The third-order valence-corrected chi connectivity index (χ3v) is 7.01. The highest BCUT2D eigenvalue weighted by molar-refractivity contribution is 7.15. The smallest absolute Gasteiger partial charge is 0.286 e. The Balaban J connectivity index is 1.17. The van der Waals surface area contributed by atoms with E-state index >= 15 is 0 Å². The second-order valence-corrected chi connectivity index (χ2v) is 9.71. The van der Waals surface area contributed by atoms with Gasteiger partial charge in [-0.05, 0) is 37.5 Å². The Hall–Kier alpha value is -3.99. The molecule has 186 valence electrons. The number of likely N-dealkylation sites (tertiary alicyclic amines) is 1. The SMILES string of the molecule is Cc1ccc(CNC(=O)[C@H]2CCCN(C(=O)c3nnc(C(=O)Nc4ccc5c(c4)OCO5)s3)C2)cc1. The zero-order chi connectivity index (χ0) is 25.1. The number of rotatable bonds is 6. The van der Waals surface area contributed by atoms with Crippen molar-refractivity contribution in [1.82, 2.24) is 20.4 Å². The number of anilines is 1. The third-order valence-electron chi connectivity index (χ3n) is 6.10. The van der Waals surface area contributed by atoms with Gasteiger partial charge in [-0.1, -0.05) is 41.2 Å². The Morgan fingerprint density at radius 3 is 2.67 bits per heavy atom. The van der Waals surface area contributed by atoms with Gasteiger partial charge in [0.1, 0.15) is 0 Å². The molecule has 0 spiro atoms. The number of carbonyl (C=O) groups excluding carboxylic acids is 3. The topological polar surface area (TPSA) is 123 Å². The predicted molar refractivity (Wildman–Crippen MR) is 132 cm³/mol. The lowest BCUT2D eigenvalue weighted by Crippen LogP contribution is -2.45. The van der Waals surface area contributed by atoms with Crippen LogP contribution >= 0.6 is 11.3 Å². The Bertz CT molecular complexity index is 1290. The molecule has 2 aromatic carbocycles. The highest BCUT2D eigenvalue weighted by atomic mass is 32.1. The van der Waals surface area contributed by atoms with Crippen LogP contribution in [0.3, 0.4) is 0 Å². The molecule has 36 heavy (non-hydrogen) atoms. The van der Waals surface area contributed by atoms with Crippen molar-refractivity contribution in [3.63, 3.8) is 0 Å². The molecule has 3 amide bonds. The Labute approximate surface area is 211 Å². The number of hydrogen-bond acceptors (Lipinski definition) is 8. The molecule has 1 fully saturated rings. The van der Waals surface area contributed by atoms with Crippen LogP contribution < -0.4 is 20.1 Å². The van der Waals surface area contributed by atoms with Crippen molar-refractivity contribution in [2.45, 2.75) is 26.3 Å². The maximum Gasteiger partial charge on any atom is 0.286 e. The van der Waals surface area contributed by atoms with E-state index in [1.54, 1.807) is 23.1 Å². The molecular weight excluding hydrogens is 482 g/mol. The van der Waals surface area contributed by atoms with Gasteiger partial charge in [-0.2, -0.15) is 0 Å². The molecule has 1 atom stereocenters. The molecular formula is C25H25N5O5S. The first-order valence-corrected chi connectivity index (χ1v) is 12.4. The molecule has 2 aliphatic rings. The summed E-state index contributed by atoms with van der Waals surface area (Å²) in [5, 5.41) is 13.7. The molecule has 3 aromatic rings. The zero-order valence-electron chi connectivity index (χ0n) is 19.7. The fourth-order valence-corrected chi connectivity index (χ4v) is 4.82. The van der Waals surface area contributed by atoms with Crippen LogP contribution in [0.1, 0.15) is 43.6 Å². The molecule has 1 aromatic heterocycles. The standard InChI is InChI=1S/C25H25N5O5S/c1-15-4-6-16(7-5-15)12-26-21(31)17-3-2-10-30(13-17)25(33)24-29-28-23(36-24)22(32)27-18-8-9-19-20(11-18)35-14-34-19/h4-9,11,17H,2-3,10,12-14H2,1H3,(H,26,31)(H,27,32)/t17-/m0/s1. The van der Waals surface area contributed by atoms with E-state index in [4.69, 9.17) is 9.47 Å². The number of fused-ring (bicyclic) bond motifs is 1. The van der Waals surface area contributed by atoms with E-state index in [9.17, 15) is 14.4 Å². The van der Waals surface area contributed by atoms with Crippen molar-refractivity contribution in [2.75, 3.05) is 25.2 Å². The van der Waals surface area contributed by atoms with Gasteiger partial charge in [-0.25, -0.2) is 0 Å². The summed E-state index contributed by atoms with van der Waals surface area (Å²) in [6.45, 7) is 3.43. The van der Waals surface area contributed by atoms with Crippen molar-refractivity contribution in [2.24, 2.45) is 5.92 Å². The van der Waals surface area contributed by atoms with Crippen LogP contribution in [0.25, 0.3) is 0 Å². The summed E-state index contributed by atoms with van der Waals surface area (Å²) >= 11 is 0.924. The van der Waals surface area contributed by atoms with Crippen molar-refractivity contribution in [3.8, 4) is 11.5 Å². The lowest BCUT2D eigenvalue weighted by atomic mass is 9.97. The van der Waals surface area contributed by atoms with Gasteiger partial charge < -0.3 is 25.0 Å². The van der Waals surface area contributed by atoms with Crippen molar-refractivity contribution in [1.29, 1.82) is 0 Å². The van der Waals surface area contributed by atoms with Gasteiger partial charge in [-0.3, -0.25) is 14.4 Å². The molecule has 5 rings (SSSR count). The Morgan fingerprint density at radius 2 is 1.83 bits per heavy atom. The van der Waals surface area contributed by atoms with Crippen molar-refractivity contribution < 1.29 is 23.9 Å². The molecule has 0 aliphatic carbocycles. The number of benzene rings is 2. The largest absolute Gasteiger partial charge is 0.454 e. The van der Waals surface area contributed by atoms with E-state index < -0.39 is 5.91 Å². The number of carbonyl (C=O) groups is 3. The monoisotopic (exact) mass is 507 g/mol. The summed E-state index contributed by atoms with van der Waals surface area (Å²) in [5.74, 6) is -0.0176. The number of amides is 3. The molecule has 11 heteroatoms. The summed E-state index contributed by atoms with van der Waals surface area (Å²) in [4.78, 5) is 40.0. The number of piperidine rings is 1. The minimum atomic E-state index is -0.475. The van der Waals surface area contributed by atoms with E-state index in [0.717, 1.165) is 22.5 Å². The number of hydrogen-bond donors (Lipinski definition) is 2. The van der Waals surface area contributed by atoms with Crippen LogP contribution in [-0.2, 0) is 11.3 Å². The fourth-order valence-electron chi connectivity index (χ4n) is 4.11. The van der Waals surface area contributed by atoms with Crippen LogP contribution in [-0.4, -0.2) is 52.7 Å². The second kappa shape index (κ2) is 10.3. The summed E-state index contributed by atoms with van der Waals surface area (Å²) in [5.41, 5.74) is 2.71. The zero-order valence-corrected chi connectivity index (χ0v) is 20.5. The molecule has 10 nitrogen and oxygen atoms in total. The summed E-state index contributed by atoms with van der Waals surface area (Å²) in [6, 6.07) is 13.0.